The Bertz CT molecular complexity index is 262. The SMILES string of the molecule is CC1(N2CCSC2=NC#N)CC1. The van der Waals surface area contributed by atoms with Gasteiger partial charge in [0.2, 0.25) is 6.19 Å². The molecule has 0 atom stereocenters. The van der Waals surface area contributed by atoms with E-state index >= 15 is 0 Å². The second-order valence-electron chi connectivity index (χ2n) is 3.49. The molecule has 0 amide bonds. The molecule has 0 aromatic carbocycles. The number of aliphatic imine (C=N–C) groups is 1. The summed E-state index contributed by atoms with van der Waals surface area (Å²) in [6.45, 7) is 3.30. The predicted octanol–water partition coefficient (Wildman–Crippen LogP) is 1.42. The fourth-order valence-corrected chi connectivity index (χ4v) is 2.52. The summed E-state index contributed by atoms with van der Waals surface area (Å²) >= 11 is 1.70. The van der Waals surface area contributed by atoms with E-state index in [-0.39, 0.29) is 0 Å². The molecule has 64 valence electrons. The summed E-state index contributed by atoms with van der Waals surface area (Å²) in [6, 6.07) is 0. The van der Waals surface area contributed by atoms with Crippen molar-refractivity contribution in [1.29, 1.82) is 5.26 Å². The molecule has 2 fully saturated rings. The summed E-state index contributed by atoms with van der Waals surface area (Å²) < 4.78 is 0. The van der Waals surface area contributed by atoms with Gasteiger partial charge in [-0.15, -0.1) is 4.99 Å². The van der Waals surface area contributed by atoms with Gasteiger partial charge in [-0.2, -0.15) is 5.26 Å². The minimum Gasteiger partial charge on any atom is -0.344 e. The first-order chi connectivity index (χ1) is 5.76. The van der Waals surface area contributed by atoms with Crippen molar-refractivity contribution in [2.45, 2.75) is 25.3 Å². The first-order valence-electron chi connectivity index (χ1n) is 4.13. The van der Waals surface area contributed by atoms with Crippen molar-refractivity contribution in [1.82, 2.24) is 4.90 Å². The Hall–Kier alpha value is -0.690. The van der Waals surface area contributed by atoms with Crippen LogP contribution in [0.5, 0.6) is 0 Å². The van der Waals surface area contributed by atoms with Crippen molar-refractivity contribution in [3.63, 3.8) is 0 Å². The molecule has 1 aliphatic heterocycles. The van der Waals surface area contributed by atoms with E-state index in [1.807, 2.05) is 6.19 Å². The van der Waals surface area contributed by atoms with Crippen LogP contribution >= 0.6 is 11.8 Å². The predicted molar refractivity (Wildman–Crippen MR) is 49.9 cm³/mol. The van der Waals surface area contributed by atoms with Crippen molar-refractivity contribution >= 4 is 16.9 Å². The minimum atomic E-state index is 0.333. The average molecular weight is 181 g/mol. The maximum atomic E-state index is 8.45. The molecule has 3 nitrogen and oxygen atoms in total. The molecule has 1 saturated carbocycles. The van der Waals surface area contributed by atoms with E-state index in [2.05, 4.69) is 16.8 Å². The molecule has 0 unspecified atom stereocenters. The van der Waals surface area contributed by atoms with E-state index < -0.39 is 0 Å². The summed E-state index contributed by atoms with van der Waals surface area (Å²) in [5.74, 6) is 1.08. The van der Waals surface area contributed by atoms with E-state index in [0.717, 1.165) is 17.5 Å². The van der Waals surface area contributed by atoms with Crippen molar-refractivity contribution in [3.05, 3.63) is 0 Å². The summed E-state index contributed by atoms with van der Waals surface area (Å²) in [7, 11) is 0. The Balaban J connectivity index is 2.15. The molecule has 0 radical (unpaired) electrons. The molecule has 1 aliphatic carbocycles. The van der Waals surface area contributed by atoms with Gasteiger partial charge in [0.1, 0.15) is 0 Å². The number of rotatable bonds is 1. The van der Waals surface area contributed by atoms with Gasteiger partial charge in [0, 0.05) is 17.8 Å². The Morgan fingerprint density at radius 2 is 2.42 bits per heavy atom. The first-order valence-corrected chi connectivity index (χ1v) is 5.12. The van der Waals surface area contributed by atoms with Gasteiger partial charge in [0.15, 0.2) is 5.17 Å². The highest BCUT2D eigenvalue weighted by Gasteiger charge is 2.46. The normalized spacial score (nSPS) is 29.0. The third kappa shape index (κ3) is 1.18. The van der Waals surface area contributed by atoms with E-state index in [1.165, 1.54) is 12.8 Å². The zero-order valence-electron chi connectivity index (χ0n) is 7.08. The first kappa shape index (κ1) is 7.93. The van der Waals surface area contributed by atoms with Crippen LogP contribution in [-0.4, -0.2) is 27.9 Å². The molecule has 2 rings (SSSR count). The lowest BCUT2D eigenvalue weighted by molar-refractivity contribution is 0.341. The summed E-state index contributed by atoms with van der Waals surface area (Å²) in [6.07, 6.45) is 4.36. The number of amidine groups is 1. The Morgan fingerprint density at radius 3 is 3.00 bits per heavy atom. The van der Waals surface area contributed by atoms with Crippen LogP contribution in [0.15, 0.2) is 4.99 Å². The van der Waals surface area contributed by atoms with Gasteiger partial charge in [0.25, 0.3) is 0 Å². The largest absolute Gasteiger partial charge is 0.344 e. The molecule has 0 bridgehead atoms. The Labute approximate surface area is 76.5 Å². The van der Waals surface area contributed by atoms with Crippen LogP contribution in [0.2, 0.25) is 0 Å². The van der Waals surface area contributed by atoms with Crippen LogP contribution in [0, 0.1) is 11.5 Å². The topological polar surface area (TPSA) is 39.4 Å². The number of thioether (sulfide) groups is 1. The molecule has 0 spiro atoms. The van der Waals surface area contributed by atoms with Gasteiger partial charge < -0.3 is 4.90 Å². The van der Waals surface area contributed by atoms with Crippen LogP contribution in [0.25, 0.3) is 0 Å². The number of nitrogens with zero attached hydrogens (tertiary/aromatic N) is 3. The lowest BCUT2D eigenvalue weighted by Gasteiger charge is -2.24. The van der Waals surface area contributed by atoms with Crippen molar-refractivity contribution in [2.75, 3.05) is 12.3 Å². The molecule has 0 N–H and O–H groups in total. The zero-order chi connectivity index (χ0) is 8.60. The van der Waals surface area contributed by atoms with Crippen molar-refractivity contribution in [3.8, 4) is 6.19 Å². The molecule has 2 aliphatic rings. The molecule has 1 saturated heterocycles. The highest BCUT2D eigenvalue weighted by Crippen LogP contribution is 2.44. The second kappa shape index (κ2) is 2.67. The summed E-state index contributed by atoms with van der Waals surface area (Å²) in [4.78, 5) is 6.10. The maximum Gasteiger partial charge on any atom is 0.208 e. The van der Waals surface area contributed by atoms with Crippen molar-refractivity contribution < 1.29 is 0 Å². The molecule has 12 heavy (non-hydrogen) atoms. The molecule has 0 aromatic heterocycles. The quantitative estimate of drug-likeness (QED) is 0.574. The monoisotopic (exact) mass is 181 g/mol. The lowest BCUT2D eigenvalue weighted by atomic mass is 10.3. The van der Waals surface area contributed by atoms with E-state index in [9.17, 15) is 0 Å². The molecule has 4 heteroatoms. The molecular weight excluding hydrogens is 170 g/mol. The molecule has 0 aromatic rings. The van der Waals surface area contributed by atoms with Crippen LogP contribution in [0.3, 0.4) is 0 Å². The van der Waals surface area contributed by atoms with E-state index in [0.29, 0.717) is 5.54 Å². The Kier molecular flexibility index (Phi) is 1.76. The second-order valence-corrected chi connectivity index (χ2v) is 4.55. The molecular formula is C8H11N3S. The van der Waals surface area contributed by atoms with Gasteiger partial charge in [0.05, 0.1) is 0 Å². The van der Waals surface area contributed by atoms with Crippen LogP contribution < -0.4 is 0 Å². The van der Waals surface area contributed by atoms with Crippen molar-refractivity contribution in [2.24, 2.45) is 4.99 Å². The average Bonchev–Trinajstić information content (AvgIpc) is 2.64. The third-order valence-electron chi connectivity index (χ3n) is 2.55. The smallest absolute Gasteiger partial charge is 0.208 e. The van der Waals surface area contributed by atoms with Crippen LogP contribution in [-0.2, 0) is 0 Å². The standard InChI is InChI=1S/C8H11N3S/c1-8(2-3-8)11-4-5-12-7(11)10-6-9/h2-5H2,1H3. The number of nitriles is 1. The minimum absolute atomic E-state index is 0.333. The summed E-state index contributed by atoms with van der Waals surface area (Å²) in [5.41, 5.74) is 0.333. The Morgan fingerprint density at radius 1 is 1.67 bits per heavy atom. The van der Waals surface area contributed by atoms with Gasteiger partial charge in [-0.3, -0.25) is 0 Å². The fraction of sp³-hybridized carbons (Fsp3) is 0.750. The number of hydrogen-bond acceptors (Lipinski definition) is 3. The van der Waals surface area contributed by atoms with E-state index in [4.69, 9.17) is 5.26 Å². The number of hydrogen-bond donors (Lipinski definition) is 0. The highest BCUT2D eigenvalue weighted by molar-refractivity contribution is 8.14. The lowest BCUT2D eigenvalue weighted by Crippen LogP contribution is -2.35. The van der Waals surface area contributed by atoms with Crippen LogP contribution in [0.1, 0.15) is 19.8 Å². The van der Waals surface area contributed by atoms with E-state index in [1.54, 1.807) is 11.8 Å². The van der Waals surface area contributed by atoms with Gasteiger partial charge >= 0.3 is 0 Å². The molecule has 1 heterocycles. The van der Waals surface area contributed by atoms with Gasteiger partial charge in [-0.25, -0.2) is 0 Å². The third-order valence-corrected chi connectivity index (χ3v) is 3.50. The van der Waals surface area contributed by atoms with Gasteiger partial charge in [-0.05, 0) is 19.8 Å². The maximum absolute atomic E-state index is 8.45. The van der Waals surface area contributed by atoms with Gasteiger partial charge in [-0.1, -0.05) is 11.8 Å². The summed E-state index contributed by atoms with van der Waals surface area (Å²) in [5, 5.41) is 9.38. The zero-order valence-corrected chi connectivity index (χ0v) is 7.89. The highest BCUT2D eigenvalue weighted by atomic mass is 32.2. The van der Waals surface area contributed by atoms with Crippen LogP contribution in [0.4, 0.5) is 0 Å². The fourth-order valence-electron chi connectivity index (χ4n) is 1.49.